The first-order valence-electron chi connectivity index (χ1n) is 13.5. The monoisotopic (exact) mass is 493 g/mol. The number of hydrogen-bond donors (Lipinski definition) is 1. The van der Waals surface area contributed by atoms with E-state index in [1.54, 1.807) is 0 Å². The minimum atomic E-state index is -0.00354. The van der Waals surface area contributed by atoms with Gasteiger partial charge in [0.2, 0.25) is 5.95 Å². The standard InChI is InChI=1S/C31H35N5O/c37-29(25-10-3-1-4-11-25)36-21-17-31(24-36,26-12-5-2-6-13-26)16-20-34-18-9-19-35(23-22-34)30-32-27-14-7-8-15-28(27)33-30/h1-8,10-15H,9,16-24H2,(H,32,33). The van der Waals surface area contributed by atoms with Crippen LogP contribution in [0.4, 0.5) is 5.95 Å². The van der Waals surface area contributed by atoms with Crippen molar-refractivity contribution in [3.63, 3.8) is 0 Å². The summed E-state index contributed by atoms with van der Waals surface area (Å²) in [5.41, 5.74) is 4.26. The zero-order valence-electron chi connectivity index (χ0n) is 21.4. The quantitative estimate of drug-likeness (QED) is 0.413. The Labute approximate surface area is 218 Å². The van der Waals surface area contributed by atoms with Crippen molar-refractivity contribution < 1.29 is 4.79 Å². The predicted octanol–water partition coefficient (Wildman–Crippen LogP) is 4.95. The van der Waals surface area contributed by atoms with E-state index in [0.717, 1.165) is 87.6 Å². The number of hydrogen-bond acceptors (Lipinski definition) is 4. The topological polar surface area (TPSA) is 55.5 Å². The highest BCUT2D eigenvalue weighted by Gasteiger charge is 2.41. The van der Waals surface area contributed by atoms with Crippen LogP contribution >= 0.6 is 0 Å². The number of aromatic amines is 1. The van der Waals surface area contributed by atoms with Crippen LogP contribution in [0.3, 0.4) is 0 Å². The van der Waals surface area contributed by atoms with Gasteiger partial charge in [0.15, 0.2) is 0 Å². The molecule has 1 aromatic heterocycles. The number of aromatic nitrogens is 2. The molecule has 1 N–H and O–H groups in total. The molecule has 0 aliphatic carbocycles. The number of H-pyrrole nitrogens is 1. The third-order valence-electron chi connectivity index (χ3n) is 8.22. The summed E-state index contributed by atoms with van der Waals surface area (Å²) >= 11 is 0. The number of amides is 1. The van der Waals surface area contributed by atoms with Crippen molar-refractivity contribution in [1.29, 1.82) is 0 Å². The Morgan fingerprint density at radius 2 is 1.59 bits per heavy atom. The van der Waals surface area contributed by atoms with Crippen molar-refractivity contribution >= 4 is 22.9 Å². The largest absolute Gasteiger partial charge is 0.341 e. The van der Waals surface area contributed by atoms with Gasteiger partial charge in [-0.1, -0.05) is 60.7 Å². The molecule has 2 aliphatic rings. The molecular weight excluding hydrogens is 458 g/mol. The molecule has 2 fully saturated rings. The molecule has 1 unspecified atom stereocenters. The molecule has 0 radical (unpaired) electrons. The fourth-order valence-corrected chi connectivity index (χ4v) is 6.05. The Bertz CT molecular complexity index is 1300. The lowest BCUT2D eigenvalue weighted by molar-refractivity contribution is 0.0781. The second-order valence-corrected chi connectivity index (χ2v) is 10.5. The van der Waals surface area contributed by atoms with E-state index < -0.39 is 0 Å². The summed E-state index contributed by atoms with van der Waals surface area (Å²) in [6, 6.07) is 28.8. The summed E-state index contributed by atoms with van der Waals surface area (Å²) in [5, 5.41) is 0. The smallest absolute Gasteiger partial charge is 0.253 e. The first kappa shape index (κ1) is 23.7. The Kier molecular flexibility index (Phi) is 6.66. The number of fused-ring (bicyclic) bond motifs is 1. The Morgan fingerprint density at radius 1 is 0.838 bits per heavy atom. The van der Waals surface area contributed by atoms with E-state index in [0.29, 0.717) is 0 Å². The van der Waals surface area contributed by atoms with E-state index in [1.807, 2.05) is 36.4 Å². The number of carbonyl (C=O) groups is 1. The lowest BCUT2D eigenvalue weighted by atomic mass is 9.76. The van der Waals surface area contributed by atoms with Gasteiger partial charge in [-0.25, -0.2) is 4.98 Å². The number of likely N-dealkylation sites (tertiary alicyclic amines) is 1. The van der Waals surface area contributed by atoms with Crippen LogP contribution in [0.15, 0.2) is 84.9 Å². The molecule has 1 atom stereocenters. The number of para-hydroxylation sites is 2. The predicted molar refractivity (Wildman–Crippen MR) is 149 cm³/mol. The van der Waals surface area contributed by atoms with Gasteiger partial charge in [-0.15, -0.1) is 0 Å². The molecule has 0 saturated carbocycles. The van der Waals surface area contributed by atoms with Crippen LogP contribution in [-0.2, 0) is 5.41 Å². The van der Waals surface area contributed by atoms with Gasteiger partial charge in [0, 0.05) is 43.7 Å². The third kappa shape index (κ3) is 4.98. The van der Waals surface area contributed by atoms with Crippen LogP contribution in [0.25, 0.3) is 11.0 Å². The normalized spacial score (nSPS) is 20.9. The van der Waals surface area contributed by atoms with E-state index in [9.17, 15) is 4.79 Å². The van der Waals surface area contributed by atoms with Gasteiger partial charge in [-0.2, -0.15) is 0 Å². The Balaban J connectivity index is 1.13. The molecule has 3 aromatic carbocycles. The van der Waals surface area contributed by atoms with Crippen LogP contribution in [0.5, 0.6) is 0 Å². The molecule has 0 spiro atoms. The van der Waals surface area contributed by atoms with Gasteiger partial charge < -0.3 is 19.7 Å². The van der Waals surface area contributed by atoms with Crippen molar-refractivity contribution in [2.75, 3.05) is 50.7 Å². The number of rotatable bonds is 6. The first-order valence-corrected chi connectivity index (χ1v) is 13.5. The molecule has 1 amide bonds. The second-order valence-electron chi connectivity index (χ2n) is 10.5. The van der Waals surface area contributed by atoms with E-state index >= 15 is 0 Å². The molecule has 2 aliphatic heterocycles. The van der Waals surface area contributed by atoms with Crippen molar-refractivity contribution in [3.8, 4) is 0 Å². The highest BCUT2D eigenvalue weighted by Crippen LogP contribution is 2.38. The van der Waals surface area contributed by atoms with Gasteiger partial charge in [-0.3, -0.25) is 4.79 Å². The minimum absolute atomic E-state index is 0.00354. The van der Waals surface area contributed by atoms with Crippen LogP contribution in [0, 0.1) is 0 Å². The van der Waals surface area contributed by atoms with Gasteiger partial charge in [0.05, 0.1) is 11.0 Å². The van der Waals surface area contributed by atoms with E-state index in [-0.39, 0.29) is 11.3 Å². The average molecular weight is 494 g/mol. The summed E-state index contributed by atoms with van der Waals surface area (Å²) in [5.74, 6) is 1.13. The lowest BCUT2D eigenvalue weighted by Crippen LogP contribution is -2.39. The van der Waals surface area contributed by atoms with Crippen LogP contribution in [0.2, 0.25) is 0 Å². The second kappa shape index (κ2) is 10.4. The Hall–Kier alpha value is -3.64. The maximum Gasteiger partial charge on any atom is 0.253 e. The maximum atomic E-state index is 13.3. The molecule has 3 heterocycles. The summed E-state index contributed by atoms with van der Waals surface area (Å²) in [7, 11) is 0. The molecule has 6 nitrogen and oxygen atoms in total. The molecular formula is C31H35N5O. The minimum Gasteiger partial charge on any atom is -0.341 e. The molecule has 6 rings (SSSR count). The SMILES string of the molecule is O=C(c1ccccc1)N1CCC(CCN2CCCN(c3nc4ccccc4[nH]3)CC2)(c2ccccc2)C1. The number of benzene rings is 3. The molecule has 2 saturated heterocycles. The van der Waals surface area contributed by atoms with E-state index in [4.69, 9.17) is 4.98 Å². The van der Waals surface area contributed by atoms with Crippen molar-refractivity contribution in [1.82, 2.24) is 19.8 Å². The summed E-state index contributed by atoms with van der Waals surface area (Å²) in [6.45, 7) is 6.72. The number of carbonyl (C=O) groups excluding carboxylic acids is 1. The number of nitrogens with one attached hydrogen (secondary N) is 1. The number of nitrogens with zero attached hydrogens (tertiary/aromatic N) is 4. The van der Waals surface area contributed by atoms with Crippen molar-refractivity contribution in [2.45, 2.75) is 24.7 Å². The first-order chi connectivity index (χ1) is 18.2. The fraction of sp³-hybridized carbons (Fsp3) is 0.355. The van der Waals surface area contributed by atoms with Crippen molar-refractivity contribution in [2.24, 2.45) is 0 Å². The van der Waals surface area contributed by atoms with Crippen LogP contribution < -0.4 is 4.90 Å². The fourth-order valence-electron chi connectivity index (χ4n) is 6.05. The van der Waals surface area contributed by atoms with Gasteiger partial charge in [0.25, 0.3) is 5.91 Å². The van der Waals surface area contributed by atoms with Gasteiger partial charge >= 0.3 is 0 Å². The molecule has 4 aromatic rings. The number of anilines is 1. The zero-order valence-corrected chi connectivity index (χ0v) is 21.4. The van der Waals surface area contributed by atoms with Crippen LogP contribution in [-0.4, -0.2) is 71.5 Å². The highest BCUT2D eigenvalue weighted by atomic mass is 16.2. The highest BCUT2D eigenvalue weighted by molar-refractivity contribution is 5.94. The zero-order chi connectivity index (χ0) is 25.1. The summed E-state index contributed by atoms with van der Waals surface area (Å²) in [4.78, 5) is 28.6. The maximum absolute atomic E-state index is 13.3. The molecule has 190 valence electrons. The third-order valence-corrected chi connectivity index (χ3v) is 8.22. The summed E-state index contributed by atoms with van der Waals surface area (Å²) in [6.07, 6.45) is 3.18. The number of imidazole rings is 1. The average Bonchev–Trinajstić information content (AvgIpc) is 3.52. The van der Waals surface area contributed by atoms with E-state index in [1.165, 1.54) is 5.56 Å². The molecule has 0 bridgehead atoms. The molecule has 6 heteroatoms. The summed E-state index contributed by atoms with van der Waals surface area (Å²) < 4.78 is 0. The van der Waals surface area contributed by atoms with E-state index in [2.05, 4.69) is 68.2 Å². The van der Waals surface area contributed by atoms with Crippen LogP contribution in [0.1, 0.15) is 35.2 Å². The molecule has 37 heavy (non-hydrogen) atoms. The van der Waals surface area contributed by atoms with Crippen molar-refractivity contribution in [3.05, 3.63) is 96.1 Å². The lowest BCUT2D eigenvalue weighted by Gasteiger charge is -2.33. The van der Waals surface area contributed by atoms with Gasteiger partial charge in [-0.05, 0) is 62.2 Å². The van der Waals surface area contributed by atoms with Gasteiger partial charge in [0.1, 0.15) is 0 Å². The Morgan fingerprint density at radius 3 is 2.41 bits per heavy atom.